The zero-order chi connectivity index (χ0) is 21.3. The number of fused-ring (bicyclic) bond motifs is 1. The molecule has 3 aromatic rings. The first-order valence-corrected chi connectivity index (χ1v) is 10.5. The molecule has 30 heavy (non-hydrogen) atoms. The lowest BCUT2D eigenvalue weighted by molar-refractivity contribution is -0.132. The molecule has 0 unspecified atom stereocenters. The minimum Gasteiger partial charge on any atom is -0.342 e. The van der Waals surface area contributed by atoms with Gasteiger partial charge in [-0.05, 0) is 43.9 Å². The Bertz CT molecular complexity index is 1100. The van der Waals surface area contributed by atoms with E-state index in [1.165, 1.54) is 0 Å². The van der Waals surface area contributed by atoms with Gasteiger partial charge in [-0.15, -0.1) is 0 Å². The molecular formula is C23H27N5O2. The smallest absolute Gasteiger partial charge is 0.223 e. The molecular weight excluding hydrogens is 378 g/mol. The number of hydrogen-bond donors (Lipinski definition) is 0. The monoisotopic (exact) mass is 405 g/mol. The average molecular weight is 406 g/mol. The minimum absolute atomic E-state index is 0.0194. The lowest BCUT2D eigenvalue weighted by atomic mass is 9.93. The van der Waals surface area contributed by atoms with E-state index in [-0.39, 0.29) is 30.4 Å². The second-order valence-corrected chi connectivity index (χ2v) is 8.14. The molecule has 0 bridgehead atoms. The van der Waals surface area contributed by atoms with Crippen LogP contribution in [-0.2, 0) is 11.8 Å². The van der Waals surface area contributed by atoms with E-state index in [2.05, 4.69) is 15.1 Å². The van der Waals surface area contributed by atoms with Gasteiger partial charge in [-0.2, -0.15) is 5.10 Å². The summed E-state index contributed by atoms with van der Waals surface area (Å²) in [6, 6.07) is 5.71. The van der Waals surface area contributed by atoms with E-state index in [1.807, 2.05) is 44.0 Å². The first-order chi connectivity index (χ1) is 14.4. The van der Waals surface area contributed by atoms with E-state index in [0.29, 0.717) is 12.1 Å². The molecule has 1 aliphatic heterocycles. The number of piperidine rings is 1. The van der Waals surface area contributed by atoms with Crippen molar-refractivity contribution in [1.82, 2.24) is 24.6 Å². The highest BCUT2D eigenvalue weighted by molar-refractivity contribution is 5.98. The van der Waals surface area contributed by atoms with Crippen LogP contribution in [0.15, 0.2) is 30.6 Å². The second kappa shape index (κ2) is 8.34. The maximum Gasteiger partial charge on any atom is 0.223 e. The molecule has 156 valence electrons. The molecule has 0 N–H and O–H groups in total. The van der Waals surface area contributed by atoms with Crippen molar-refractivity contribution < 1.29 is 9.59 Å². The maximum atomic E-state index is 12.8. The van der Waals surface area contributed by atoms with Crippen LogP contribution >= 0.6 is 0 Å². The van der Waals surface area contributed by atoms with Crippen molar-refractivity contribution in [3.63, 3.8) is 0 Å². The Balaban J connectivity index is 1.41. The first-order valence-electron chi connectivity index (χ1n) is 10.5. The van der Waals surface area contributed by atoms with Crippen LogP contribution in [0.2, 0.25) is 0 Å². The fourth-order valence-electron chi connectivity index (χ4n) is 4.14. The summed E-state index contributed by atoms with van der Waals surface area (Å²) in [4.78, 5) is 36.0. The van der Waals surface area contributed by atoms with Crippen molar-refractivity contribution in [2.24, 2.45) is 7.05 Å². The average Bonchev–Trinajstić information content (AvgIpc) is 3.10. The molecule has 1 amide bonds. The number of amides is 1. The van der Waals surface area contributed by atoms with Crippen LogP contribution in [0, 0.1) is 13.8 Å². The van der Waals surface area contributed by atoms with Crippen molar-refractivity contribution in [2.45, 2.75) is 45.4 Å². The third-order valence-corrected chi connectivity index (χ3v) is 6.04. The number of carbonyl (C=O) groups is 2. The lowest BCUT2D eigenvalue weighted by Gasteiger charge is -2.32. The van der Waals surface area contributed by atoms with Crippen LogP contribution in [0.25, 0.3) is 11.2 Å². The number of likely N-dealkylation sites (tertiary alicyclic amines) is 1. The van der Waals surface area contributed by atoms with Crippen LogP contribution in [-0.4, -0.2) is 49.4 Å². The summed E-state index contributed by atoms with van der Waals surface area (Å²) in [5, 5.41) is 4.64. The normalized spacial score (nSPS) is 16.8. The number of aryl methyl sites for hydroxylation is 3. The molecule has 1 aromatic carbocycles. The van der Waals surface area contributed by atoms with Crippen LogP contribution < -0.4 is 0 Å². The molecule has 0 spiro atoms. The predicted molar refractivity (Wildman–Crippen MR) is 114 cm³/mol. The number of rotatable bonds is 5. The van der Waals surface area contributed by atoms with Gasteiger partial charge in [-0.25, -0.2) is 14.6 Å². The summed E-state index contributed by atoms with van der Waals surface area (Å²) in [6.07, 6.45) is 5.70. The van der Waals surface area contributed by atoms with Gasteiger partial charge in [0.15, 0.2) is 11.4 Å². The minimum atomic E-state index is 0.0194. The highest BCUT2D eigenvalue weighted by atomic mass is 16.2. The molecule has 4 rings (SSSR count). The summed E-state index contributed by atoms with van der Waals surface area (Å²) >= 11 is 0. The molecule has 0 aliphatic carbocycles. The summed E-state index contributed by atoms with van der Waals surface area (Å²) < 4.78 is 1.75. The fraction of sp³-hybridized carbons (Fsp3) is 0.435. The van der Waals surface area contributed by atoms with Gasteiger partial charge < -0.3 is 4.90 Å². The number of carbonyl (C=O) groups excluding carboxylic acids is 2. The summed E-state index contributed by atoms with van der Waals surface area (Å²) in [6.45, 7) is 5.36. The molecule has 3 heterocycles. The predicted octanol–water partition coefficient (Wildman–Crippen LogP) is 3.35. The Morgan fingerprint density at radius 2 is 1.90 bits per heavy atom. The van der Waals surface area contributed by atoms with E-state index in [0.717, 1.165) is 47.4 Å². The molecule has 0 radical (unpaired) electrons. The number of benzene rings is 1. The van der Waals surface area contributed by atoms with Crippen LogP contribution in [0.1, 0.15) is 58.8 Å². The molecule has 1 saturated heterocycles. The van der Waals surface area contributed by atoms with Gasteiger partial charge in [0.05, 0.1) is 5.69 Å². The Kier molecular flexibility index (Phi) is 5.61. The van der Waals surface area contributed by atoms with Gasteiger partial charge >= 0.3 is 0 Å². The third kappa shape index (κ3) is 3.97. The largest absolute Gasteiger partial charge is 0.342 e. The highest BCUT2D eigenvalue weighted by Crippen LogP contribution is 2.30. The molecule has 7 nitrogen and oxygen atoms in total. The van der Waals surface area contributed by atoms with Crippen molar-refractivity contribution in [3.8, 4) is 0 Å². The first kappa shape index (κ1) is 20.2. The third-order valence-electron chi connectivity index (χ3n) is 6.04. The number of nitrogens with zero attached hydrogens (tertiary/aromatic N) is 5. The molecule has 1 aliphatic rings. The zero-order valence-electron chi connectivity index (χ0n) is 17.8. The highest BCUT2D eigenvalue weighted by Gasteiger charge is 2.29. The molecule has 2 aromatic heterocycles. The van der Waals surface area contributed by atoms with Crippen molar-refractivity contribution >= 4 is 22.9 Å². The standard InChI is InChI=1S/C23H27N5O2/c1-15-6-7-17(13-16(15)2)19(29)8-9-20(30)28-12-4-5-18(14-28)21-22-23(27(3)26-21)25-11-10-24-22/h6-7,10-11,13,18H,4-5,8-9,12,14H2,1-3H3/t18-/m0/s1. The quantitative estimate of drug-likeness (QED) is 0.608. The summed E-state index contributed by atoms with van der Waals surface area (Å²) in [5.74, 6) is 0.188. The van der Waals surface area contributed by atoms with Gasteiger partial charge in [-0.3, -0.25) is 9.59 Å². The maximum absolute atomic E-state index is 12.8. The van der Waals surface area contributed by atoms with Crippen molar-refractivity contribution in [3.05, 3.63) is 53.0 Å². The topological polar surface area (TPSA) is 81.0 Å². The Hall–Kier alpha value is -3.09. The van der Waals surface area contributed by atoms with Gasteiger partial charge in [0.2, 0.25) is 5.91 Å². The Labute approximate surface area is 176 Å². The number of hydrogen-bond acceptors (Lipinski definition) is 5. The Morgan fingerprint density at radius 3 is 2.70 bits per heavy atom. The van der Waals surface area contributed by atoms with Crippen molar-refractivity contribution in [1.29, 1.82) is 0 Å². The van der Waals surface area contributed by atoms with E-state index in [1.54, 1.807) is 17.1 Å². The van der Waals surface area contributed by atoms with Crippen LogP contribution in [0.4, 0.5) is 0 Å². The Morgan fingerprint density at radius 1 is 1.10 bits per heavy atom. The van der Waals surface area contributed by atoms with Crippen LogP contribution in [0.3, 0.4) is 0 Å². The van der Waals surface area contributed by atoms with Gasteiger partial charge in [0, 0.05) is 56.9 Å². The van der Waals surface area contributed by atoms with E-state index >= 15 is 0 Å². The fourth-order valence-corrected chi connectivity index (χ4v) is 4.14. The lowest BCUT2D eigenvalue weighted by Crippen LogP contribution is -2.39. The van der Waals surface area contributed by atoms with Crippen molar-refractivity contribution in [2.75, 3.05) is 13.1 Å². The van der Waals surface area contributed by atoms with Gasteiger partial charge in [0.25, 0.3) is 0 Å². The molecule has 1 fully saturated rings. The number of ketones is 1. The van der Waals surface area contributed by atoms with E-state index < -0.39 is 0 Å². The van der Waals surface area contributed by atoms with E-state index in [4.69, 9.17) is 0 Å². The summed E-state index contributed by atoms with van der Waals surface area (Å²) in [7, 11) is 1.87. The van der Waals surface area contributed by atoms with Gasteiger partial charge in [-0.1, -0.05) is 12.1 Å². The zero-order valence-corrected chi connectivity index (χ0v) is 17.8. The number of aromatic nitrogens is 4. The molecule has 1 atom stereocenters. The SMILES string of the molecule is Cc1ccc(C(=O)CCC(=O)N2CCC[C@H](c3nn(C)c4nccnc34)C2)cc1C. The summed E-state index contributed by atoms with van der Waals surface area (Å²) in [5.41, 5.74) is 5.41. The van der Waals surface area contributed by atoms with Crippen LogP contribution in [0.5, 0.6) is 0 Å². The molecule has 7 heteroatoms. The number of Topliss-reactive ketones (excluding diaryl/α,β-unsaturated/α-hetero) is 1. The van der Waals surface area contributed by atoms with Gasteiger partial charge in [0.1, 0.15) is 5.52 Å². The molecule has 0 saturated carbocycles. The van der Waals surface area contributed by atoms with E-state index in [9.17, 15) is 9.59 Å². The second-order valence-electron chi connectivity index (χ2n) is 8.14.